The van der Waals surface area contributed by atoms with Gasteiger partial charge >= 0.3 is 0 Å². The van der Waals surface area contributed by atoms with Crippen molar-refractivity contribution >= 4 is 33.0 Å². The van der Waals surface area contributed by atoms with Crippen molar-refractivity contribution in [1.29, 1.82) is 0 Å². The number of anilines is 1. The second kappa shape index (κ2) is 7.15. The van der Waals surface area contributed by atoms with Gasteiger partial charge in [-0.3, -0.25) is 9.52 Å². The van der Waals surface area contributed by atoms with Crippen molar-refractivity contribution in [2.45, 2.75) is 30.2 Å². The van der Waals surface area contributed by atoms with Gasteiger partial charge in [-0.15, -0.1) is 11.3 Å². The van der Waals surface area contributed by atoms with E-state index in [2.05, 4.69) is 4.72 Å². The predicted molar refractivity (Wildman–Crippen MR) is 97.5 cm³/mol. The highest BCUT2D eigenvalue weighted by Gasteiger charge is 2.28. The Hall–Kier alpha value is -1.90. The van der Waals surface area contributed by atoms with Gasteiger partial charge in [0.25, 0.3) is 15.9 Å². The lowest BCUT2D eigenvalue weighted by Gasteiger charge is -2.36. The quantitative estimate of drug-likeness (QED) is 0.885. The maximum Gasteiger partial charge on any atom is 0.271 e. The fourth-order valence-corrected chi connectivity index (χ4v) is 4.71. The number of nitrogens with zero attached hydrogens (tertiary/aromatic N) is 1. The van der Waals surface area contributed by atoms with Crippen molar-refractivity contribution in [1.82, 2.24) is 4.90 Å². The molecule has 2 aromatic rings. The molecule has 1 aliphatic rings. The topological polar surface area (TPSA) is 75.7 Å². The number of ether oxygens (including phenoxy) is 1. The molecule has 1 saturated heterocycles. The summed E-state index contributed by atoms with van der Waals surface area (Å²) >= 11 is 1.15. The molecule has 0 radical (unpaired) electrons. The number of sulfonamides is 1. The van der Waals surface area contributed by atoms with Crippen molar-refractivity contribution in [3.8, 4) is 0 Å². The van der Waals surface area contributed by atoms with E-state index in [0.29, 0.717) is 24.4 Å². The first-order chi connectivity index (χ1) is 11.9. The van der Waals surface area contributed by atoms with E-state index in [1.165, 1.54) is 0 Å². The van der Waals surface area contributed by atoms with E-state index in [4.69, 9.17) is 4.74 Å². The van der Waals surface area contributed by atoms with Gasteiger partial charge in [0, 0.05) is 17.8 Å². The van der Waals surface area contributed by atoms with E-state index in [1.54, 1.807) is 46.7 Å². The van der Waals surface area contributed by atoms with Gasteiger partial charge in [-0.2, -0.15) is 0 Å². The van der Waals surface area contributed by atoms with Gasteiger partial charge in [-0.25, -0.2) is 8.42 Å². The minimum atomic E-state index is -3.58. The first kappa shape index (κ1) is 17.9. The molecule has 1 aromatic carbocycles. The molecule has 0 aliphatic carbocycles. The molecule has 0 bridgehead atoms. The Morgan fingerprint density at radius 2 is 1.96 bits per heavy atom. The highest BCUT2D eigenvalue weighted by molar-refractivity contribution is 7.94. The summed E-state index contributed by atoms with van der Waals surface area (Å²) in [6.45, 7) is 4.96. The third-order valence-corrected chi connectivity index (χ3v) is 6.79. The summed E-state index contributed by atoms with van der Waals surface area (Å²) in [4.78, 5) is 14.5. The predicted octanol–water partition coefficient (Wildman–Crippen LogP) is 2.80. The smallest absolute Gasteiger partial charge is 0.271 e. The summed E-state index contributed by atoms with van der Waals surface area (Å²) in [5.74, 6) is -0.0738. The van der Waals surface area contributed by atoms with Crippen LogP contribution in [0.2, 0.25) is 0 Å². The maximum absolute atomic E-state index is 12.7. The van der Waals surface area contributed by atoms with Crippen molar-refractivity contribution < 1.29 is 17.9 Å². The van der Waals surface area contributed by atoms with Crippen LogP contribution in [0.3, 0.4) is 0 Å². The van der Waals surface area contributed by atoms with Crippen LogP contribution in [0, 0.1) is 0 Å². The summed E-state index contributed by atoms with van der Waals surface area (Å²) in [6, 6.07) is 9.74. The highest BCUT2D eigenvalue weighted by Crippen LogP contribution is 2.21. The van der Waals surface area contributed by atoms with Crippen LogP contribution in [0.25, 0.3) is 0 Å². The van der Waals surface area contributed by atoms with Crippen LogP contribution < -0.4 is 4.72 Å². The molecule has 2 unspecified atom stereocenters. The number of carbonyl (C=O) groups excluding carboxylic acids is 1. The Labute approximate surface area is 151 Å². The van der Waals surface area contributed by atoms with Crippen LogP contribution in [-0.4, -0.2) is 44.5 Å². The van der Waals surface area contributed by atoms with E-state index < -0.39 is 10.0 Å². The van der Waals surface area contributed by atoms with Crippen LogP contribution in [-0.2, 0) is 14.8 Å². The average Bonchev–Trinajstić information content (AvgIpc) is 3.12. The summed E-state index contributed by atoms with van der Waals surface area (Å²) in [5, 5.41) is 1.71. The Morgan fingerprint density at radius 3 is 2.60 bits per heavy atom. The molecule has 1 aliphatic heterocycles. The number of amides is 1. The number of benzene rings is 1. The average molecular weight is 380 g/mol. The van der Waals surface area contributed by atoms with Crippen molar-refractivity contribution in [2.75, 3.05) is 17.9 Å². The number of carbonyl (C=O) groups is 1. The molecular weight excluding hydrogens is 360 g/mol. The first-order valence-corrected chi connectivity index (χ1v) is 10.3. The molecule has 1 amide bonds. The molecule has 25 heavy (non-hydrogen) atoms. The number of thiophene rings is 1. The van der Waals surface area contributed by atoms with Crippen molar-refractivity contribution in [3.05, 3.63) is 47.3 Å². The largest absolute Gasteiger partial charge is 0.375 e. The summed E-state index contributed by atoms with van der Waals surface area (Å²) < 4.78 is 32.8. The van der Waals surface area contributed by atoms with Crippen molar-refractivity contribution in [2.24, 2.45) is 0 Å². The lowest BCUT2D eigenvalue weighted by atomic mass is 10.1. The monoisotopic (exact) mass is 380 g/mol. The van der Waals surface area contributed by atoms with E-state index in [9.17, 15) is 13.2 Å². The van der Waals surface area contributed by atoms with E-state index in [-0.39, 0.29) is 22.3 Å². The fourth-order valence-electron chi connectivity index (χ4n) is 2.65. The first-order valence-electron chi connectivity index (χ1n) is 7.96. The van der Waals surface area contributed by atoms with Gasteiger partial charge in [-0.05, 0) is 49.6 Å². The second-order valence-electron chi connectivity index (χ2n) is 6.07. The zero-order valence-electron chi connectivity index (χ0n) is 14.0. The molecule has 2 atom stereocenters. The van der Waals surface area contributed by atoms with Crippen molar-refractivity contribution in [3.63, 3.8) is 0 Å². The van der Waals surface area contributed by atoms with E-state index >= 15 is 0 Å². The summed E-state index contributed by atoms with van der Waals surface area (Å²) in [7, 11) is -3.58. The zero-order chi connectivity index (χ0) is 18.0. The second-order valence-corrected chi connectivity index (χ2v) is 8.92. The molecule has 134 valence electrons. The fraction of sp³-hybridized carbons (Fsp3) is 0.353. The van der Waals surface area contributed by atoms with Gasteiger partial charge in [0.05, 0.1) is 18.8 Å². The minimum Gasteiger partial charge on any atom is -0.375 e. The van der Waals surface area contributed by atoms with Crippen LogP contribution in [0.15, 0.2) is 46.0 Å². The van der Waals surface area contributed by atoms with Gasteiger partial charge < -0.3 is 9.64 Å². The lowest BCUT2D eigenvalue weighted by Crippen LogP contribution is -2.50. The Kier molecular flexibility index (Phi) is 5.12. The SMILES string of the molecule is CC1CN(C(=O)c2ccc(NS(=O)(=O)c3cccs3)cc2)C(C)CO1. The molecule has 0 spiro atoms. The Morgan fingerprint density at radius 1 is 1.24 bits per heavy atom. The van der Waals surface area contributed by atoms with Crippen LogP contribution in [0.1, 0.15) is 24.2 Å². The molecule has 8 heteroatoms. The summed E-state index contributed by atoms with van der Waals surface area (Å²) in [5.41, 5.74) is 0.952. The Bertz CT molecular complexity index is 832. The maximum atomic E-state index is 12.7. The van der Waals surface area contributed by atoms with Gasteiger partial charge in [0.1, 0.15) is 4.21 Å². The van der Waals surface area contributed by atoms with Gasteiger partial charge in [0.2, 0.25) is 0 Å². The molecule has 2 heterocycles. The van der Waals surface area contributed by atoms with Crippen LogP contribution in [0.5, 0.6) is 0 Å². The Balaban J connectivity index is 1.73. The number of rotatable bonds is 4. The van der Waals surface area contributed by atoms with E-state index in [0.717, 1.165) is 11.3 Å². The number of hydrogen-bond acceptors (Lipinski definition) is 5. The number of morpholine rings is 1. The van der Waals surface area contributed by atoms with Crippen LogP contribution >= 0.6 is 11.3 Å². The molecule has 6 nitrogen and oxygen atoms in total. The summed E-state index contributed by atoms with van der Waals surface area (Å²) in [6.07, 6.45) is 0.0111. The normalized spacial score (nSPS) is 21.1. The third kappa shape index (κ3) is 4.02. The van der Waals surface area contributed by atoms with Gasteiger partial charge in [0.15, 0.2) is 0 Å². The molecule has 3 rings (SSSR count). The van der Waals surface area contributed by atoms with Gasteiger partial charge in [-0.1, -0.05) is 6.07 Å². The lowest BCUT2D eigenvalue weighted by molar-refractivity contribution is -0.0387. The molecule has 0 saturated carbocycles. The molecular formula is C17H20N2O4S2. The molecule has 1 aromatic heterocycles. The van der Waals surface area contributed by atoms with E-state index in [1.807, 2.05) is 13.8 Å². The molecule has 1 N–H and O–H groups in total. The highest BCUT2D eigenvalue weighted by atomic mass is 32.2. The number of nitrogens with one attached hydrogen (secondary N) is 1. The standard InChI is InChI=1S/C17H20N2O4S2/c1-12-11-23-13(2)10-19(12)17(20)14-5-7-15(8-6-14)18-25(21,22)16-4-3-9-24-16/h3-9,12-13,18H,10-11H2,1-2H3. The zero-order valence-corrected chi connectivity index (χ0v) is 15.6. The minimum absolute atomic E-state index is 0.0111. The van der Waals surface area contributed by atoms with Crippen LogP contribution in [0.4, 0.5) is 5.69 Å². The number of hydrogen-bond donors (Lipinski definition) is 1. The third-order valence-electron chi connectivity index (χ3n) is 4.01. The molecule has 1 fully saturated rings.